The summed E-state index contributed by atoms with van der Waals surface area (Å²) in [6.45, 7) is 0. The maximum atomic E-state index is 11.1. The molecule has 4 nitrogen and oxygen atoms in total. The average molecular weight is 327 g/mol. The number of aromatic nitrogens is 2. The quantitative estimate of drug-likeness (QED) is 0.640. The summed E-state index contributed by atoms with van der Waals surface area (Å²) in [6, 6.07) is 7.89. The third-order valence-electron chi connectivity index (χ3n) is 2.26. The molecular formula is C12H11BrN2O2S. The first-order valence-electron chi connectivity index (χ1n) is 5.19. The Labute approximate surface area is 117 Å². The minimum atomic E-state index is -0.259. The lowest BCUT2D eigenvalue weighted by molar-refractivity contribution is -0.137. The largest absolute Gasteiger partial charge is 0.468 e. The van der Waals surface area contributed by atoms with Crippen molar-refractivity contribution < 1.29 is 9.53 Å². The van der Waals surface area contributed by atoms with E-state index in [4.69, 9.17) is 0 Å². The standard InChI is InChI=1S/C12H11BrN2O2S/c1-17-11(16)8-18-12-14-6-7-15(12)10-4-2-9(13)3-5-10/h2-7H,8H2,1H3. The van der Waals surface area contributed by atoms with Crippen LogP contribution in [-0.4, -0.2) is 28.4 Å². The summed E-state index contributed by atoms with van der Waals surface area (Å²) >= 11 is 4.75. The summed E-state index contributed by atoms with van der Waals surface area (Å²) in [4.78, 5) is 15.3. The summed E-state index contributed by atoms with van der Waals surface area (Å²) in [5.74, 6) is -0.00492. The second kappa shape index (κ2) is 6.06. The molecule has 0 atom stereocenters. The molecule has 2 aromatic rings. The number of nitrogens with zero attached hydrogens (tertiary/aromatic N) is 2. The van der Waals surface area contributed by atoms with Crippen LogP contribution in [0.5, 0.6) is 0 Å². The Kier molecular flexibility index (Phi) is 4.43. The zero-order valence-corrected chi connectivity index (χ0v) is 12.1. The fourth-order valence-corrected chi connectivity index (χ4v) is 2.45. The van der Waals surface area contributed by atoms with Crippen LogP contribution in [0.3, 0.4) is 0 Å². The van der Waals surface area contributed by atoms with Gasteiger partial charge in [-0.25, -0.2) is 4.98 Å². The molecule has 1 aromatic carbocycles. The molecule has 1 heterocycles. The molecule has 0 fully saturated rings. The first kappa shape index (κ1) is 13.2. The highest BCUT2D eigenvalue weighted by atomic mass is 79.9. The molecule has 1 aromatic heterocycles. The first-order valence-corrected chi connectivity index (χ1v) is 6.97. The maximum absolute atomic E-state index is 11.1. The van der Waals surface area contributed by atoms with E-state index in [2.05, 4.69) is 25.7 Å². The monoisotopic (exact) mass is 326 g/mol. The van der Waals surface area contributed by atoms with Gasteiger partial charge in [0.15, 0.2) is 5.16 Å². The number of carbonyl (C=O) groups is 1. The van der Waals surface area contributed by atoms with Gasteiger partial charge in [0, 0.05) is 22.6 Å². The molecule has 6 heteroatoms. The van der Waals surface area contributed by atoms with E-state index in [1.807, 2.05) is 35.0 Å². The van der Waals surface area contributed by atoms with Crippen LogP contribution in [0.1, 0.15) is 0 Å². The molecule has 0 spiro atoms. The van der Waals surface area contributed by atoms with Crippen LogP contribution in [-0.2, 0) is 9.53 Å². The van der Waals surface area contributed by atoms with Gasteiger partial charge in [-0.3, -0.25) is 9.36 Å². The number of halogens is 1. The number of methoxy groups -OCH3 is 1. The van der Waals surface area contributed by atoms with Gasteiger partial charge in [-0.15, -0.1) is 0 Å². The number of hydrogen-bond acceptors (Lipinski definition) is 4. The first-order chi connectivity index (χ1) is 8.70. The molecule has 0 saturated carbocycles. The lowest BCUT2D eigenvalue weighted by Crippen LogP contribution is -2.04. The molecule has 0 amide bonds. The highest BCUT2D eigenvalue weighted by Gasteiger charge is 2.08. The number of thioether (sulfide) groups is 1. The number of hydrogen-bond donors (Lipinski definition) is 0. The van der Waals surface area contributed by atoms with Crippen LogP contribution in [0.15, 0.2) is 46.3 Å². The third kappa shape index (κ3) is 3.14. The summed E-state index contributed by atoms with van der Waals surface area (Å²) in [5, 5.41) is 0.766. The Morgan fingerprint density at radius 3 is 2.83 bits per heavy atom. The van der Waals surface area contributed by atoms with Crippen molar-refractivity contribution in [2.75, 3.05) is 12.9 Å². The number of esters is 1. The van der Waals surface area contributed by atoms with Gasteiger partial charge in [0.1, 0.15) is 0 Å². The second-order valence-corrected chi connectivity index (χ2v) is 5.28. The summed E-state index contributed by atoms with van der Waals surface area (Å²) in [6.07, 6.45) is 3.57. The molecule has 0 saturated heterocycles. The third-order valence-corrected chi connectivity index (χ3v) is 3.73. The Morgan fingerprint density at radius 2 is 2.17 bits per heavy atom. The van der Waals surface area contributed by atoms with Gasteiger partial charge in [0.05, 0.1) is 12.9 Å². The molecule has 0 aliphatic heterocycles. The molecule has 94 valence electrons. The lowest BCUT2D eigenvalue weighted by atomic mass is 10.3. The molecule has 0 unspecified atom stereocenters. The number of carbonyl (C=O) groups excluding carboxylic acids is 1. The molecule has 0 aliphatic carbocycles. The number of imidazole rings is 1. The summed E-state index contributed by atoms with van der Waals surface area (Å²) < 4.78 is 7.56. The van der Waals surface area contributed by atoms with E-state index in [1.54, 1.807) is 6.20 Å². The van der Waals surface area contributed by atoms with Crippen molar-refractivity contribution >= 4 is 33.7 Å². The minimum absolute atomic E-state index is 0.254. The fourth-order valence-electron chi connectivity index (χ4n) is 1.38. The van der Waals surface area contributed by atoms with Crippen LogP contribution < -0.4 is 0 Å². The smallest absolute Gasteiger partial charge is 0.316 e. The predicted octanol–water partition coefficient (Wildman–Crippen LogP) is 2.90. The number of ether oxygens (including phenoxy) is 1. The molecule has 0 N–H and O–H groups in total. The predicted molar refractivity (Wildman–Crippen MR) is 74.0 cm³/mol. The van der Waals surface area contributed by atoms with E-state index in [1.165, 1.54) is 18.9 Å². The number of rotatable bonds is 4. The minimum Gasteiger partial charge on any atom is -0.468 e. The van der Waals surface area contributed by atoms with Gasteiger partial charge in [-0.2, -0.15) is 0 Å². The molecule has 2 rings (SSSR count). The van der Waals surface area contributed by atoms with Crippen molar-refractivity contribution in [1.29, 1.82) is 0 Å². The van der Waals surface area contributed by atoms with E-state index in [9.17, 15) is 4.79 Å². The van der Waals surface area contributed by atoms with Crippen LogP contribution in [0.2, 0.25) is 0 Å². The molecule has 0 bridgehead atoms. The van der Waals surface area contributed by atoms with Gasteiger partial charge in [0.2, 0.25) is 0 Å². The lowest BCUT2D eigenvalue weighted by Gasteiger charge is -2.06. The molecule has 0 radical (unpaired) electrons. The summed E-state index contributed by atoms with van der Waals surface area (Å²) in [7, 11) is 1.38. The Hall–Kier alpha value is -1.27. The van der Waals surface area contributed by atoms with Gasteiger partial charge in [-0.05, 0) is 24.3 Å². The van der Waals surface area contributed by atoms with Crippen molar-refractivity contribution in [3.05, 3.63) is 41.1 Å². The maximum Gasteiger partial charge on any atom is 0.316 e. The van der Waals surface area contributed by atoms with Crippen molar-refractivity contribution in [1.82, 2.24) is 9.55 Å². The van der Waals surface area contributed by atoms with Crippen molar-refractivity contribution in [2.24, 2.45) is 0 Å². The second-order valence-electron chi connectivity index (χ2n) is 3.42. The topological polar surface area (TPSA) is 44.1 Å². The van der Waals surface area contributed by atoms with Crippen molar-refractivity contribution in [3.63, 3.8) is 0 Å². The Balaban J connectivity index is 2.17. The zero-order valence-electron chi connectivity index (χ0n) is 9.67. The van der Waals surface area contributed by atoms with Crippen LogP contribution in [0, 0.1) is 0 Å². The normalized spacial score (nSPS) is 10.3. The van der Waals surface area contributed by atoms with E-state index in [0.717, 1.165) is 15.3 Å². The van der Waals surface area contributed by atoms with Gasteiger partial charge in [-0.1, -0.05) is 27.7 Å². The SMILES string of the molecule is COC(=O)CSc1nccn1-c1ccc(Br)cc1. The highest BCUT2D eigenvalue weighted by molar-refractivity contribution is 9.10. The van der Waals surface area contributed by atoms with Gasteiger partial charge < -0.3 is 4.74 Å². The summed E-state index contributed by atoms with van der Waals surface area (Å²) in [5.41, 5.74) is 1.00. The Morgan fingerprint density at radius 1 is 1.44 bits per heavy atom. The zero-order chi connectivity index (χ0) is 13.0. The van der Waals surface area contributed by atoms with E-state index < -0.39 is 0 Å². The van der Waals surface area contributed by atoms with E-state index >= 15 is 0 Å². The van der Waals surface area contributed by atoms with E-state index in [-0.39, 0.29) is 11.7 Å². The van der Waals surface area contributed by atoms with Crippen molar-refractivity contribution in [2.45, 2.75) is 5.16 Å². The molecular weight excluding hydrogens is 316 g/mol. The Bertz CT molecular complexity index is 539. The molecule has 0 aliphatic rings. The van der Waals surface area contributed by atoms with E-state index in [0.29, 0.717) is 0 Å². The van der Waals surface area contributed by atoms with Gasteiger partial charge in [0.25, 0.3) is 0 Å². The number of benzene rings is 1. The van der Waals surface area contributed by atoms with Crippen LogP contribution in [0.4, 0.5) is 0 Å². The fraction of sp³-hybridized carbons (Fsp3) is 0.167. The molecule has 18 heavy (non-hydrogen) atoms. The average Bonchev–Trinajstić information content (AvgIpc) is 2.85. The van der Waals surface area contributed by atoms with Crippen LogP contribution in [0.25, 0.3) is 5.69 Å². The van der Waals surface area contributed by atoms with Crippen molar-refractivity contribution in [3.8, 4) is 5.69 Å². The van der Waals surface area contributed by atoms with Crippen LogP contribution >= 0.6 is 27.7 Å². The highest BCUT2D eigenvalue weighted by Crippen LogP contribution is 2.21. The van der Waals surface area contributed by atoms with Gasteiger partial charge >= 0.3 is 5.97 Å².